The first kappa shape index (κ1) is 13.3. The van der Waals surface area contributed by atoms with Crippen molar-refractivity contribution >= 4 is 10.0 Å². The Bertz CT molecular complexity index is 359. The number of hydrogen-bond donors (Lipinski definition) is 2. The van der Waals surface area contributed by atoms with Crippen molar-refractivity contribution in [2.45, 2.75) is 57.2 Å². The molecule has 0 bridgehead atoms. The van der Waals surface area contributed by atoms with Gasteiger partial charge in [-0.1, -0.05) is 6.92 Å². The van der Waals surface area contributed by atoms with Gasteiger partial charge in [-0.3, -0.25) is 0 Å². The maximum absolute atomic E-state index is 12.0. The first-order chi connectivity index (χ1) is 7.97. The van der Waals surface area contributed by atoms with Crippen molar-refractivity contribution in [3.8, 4) is 0 Å². The molecule has 4 nitrogen and oxygen atoms in total. The normalized spacial score (nSPS) is 24.6. The highest BCUT2D eigenvalue weighted by Gasteiger charge is 2.41. The van der Waals surface area contributed by atoms with E-state index in [-0.39, 0.29) is 10.7 Å². The van der Waals surface area contributed by atoms with Crippen molar-refractivity contribution in [3.05, 3.63) is 0 Å². The summed E-state index contributed by atoms with van der Waals surface area (Å²) in [6, 6.07) is 0.568. The van der Waals surface area contributed by atoms with Crippen LogP contribution >= 0.6 is 0 Å². The lowest BCUT2D eigenvalue weighted by molar-refractivity contribution is 0.471. The van der Waals surface area contributed by atoms with Crippen LogP contribution in [0.5, 0.6) is 0 Å². The fourth-order valence-electron chi connectivity index (χ4n) is 1.96. The molecule has 2 N–H and O–H groups in total. The van der Waals surface area contributed by atoms with Gasteiger partial charge in [-0.15, -0.1) is 0 Å². The molecular formula is C12H24N2O2S. The van der Waals surface area contributed by atoms with Crippen LogP contribution < -0.4 is 10.0 Å². The quantitative estimate of drug-likeness (QED) is 0.690. The first-order valence-electron chi connectivity index (χ1n) is 6.69. The zero-order chi connectivity index (χ0) is 12.5. The smallest absolute Gasteiger partial charge is 0.215 e. The third-order valence-electron chi connectivity index (χ3n) is 4.16. The van der Waals surface area contributed by atoms with Gasteiger partial charge in [0.2, 0.25) is 10.0 Å². The Labute approximate surface area is 105 Å². The molecule has 2 fully saturated rings. The minimum Gasteiger partial charge on any atom is -0.313 e. The lowest BCUT2D eigenvalue weighted by atomic mass is 10.1. The topological polar surface area (TPSA) is 58.2 Å². The Hall–Kier alpha value is -0.130. The minimum atomic E-state index is -3.14. The van der Waals surface area contributed by atoms with Gasteiger partial charge in [0, 0.05) is 19.1 Å². The van der Waals surface area contributed by atoms with Crippen LogP contribution in [0.1, 0.15) is 46.0 Å². The van der Waals surface area contributed by atoms with Gasteiger partial charge in [0.05, 0.1) is 5.25 Å². The molecule has 2 rings (SSSR count). The molecule has 0 aromatic carbocycles. The van der Waals surface area contributed by atoms with Crippen LogP contribution in [0.3, 0.4) is 0 Å². The van der Waals surface area contributed by atoms with E-state index in [0.29, 0.717) is 19.1 Å². The number of hydrogen-bond acceptors (Lipinski definition) is 3. The van der Waals surface area contributed by atoms with E-state index in [9.17, 15) is 8.42 Å². The molecule has 0 radical (unpaired) electrons. The molecule has 0 aliphatic heterocycles. The lowest BCUT2D eigenvalue weighted by Crippen LogP contribution is -2.41. The fraction of sp³-hybridized carbons (Fsp3) is 1.00. The molecule has 5 heteroatoms. The molecule has 1 unspecified atom stereocenters. The first-order valence-corrected chi connectivity index (χ1v) is 8.24. The maximum Gasteiger partial charge on any atom is 0.215 e. The van der Waals surface area contributed by atoms with Crippen LogP contribution in [0.15, 0.2) is 0 Å². The SMILES string of the molecule is CCC1(CNS(=O)(=O)C(C)CNC2CC2)CC1. The van der Waals surface area contributed by atoms with E-state index < -0.39 is 10.0 Å². The molecule has 1 atom stereocenters. The molecule has 0 heterocycles. The Kier molecular flexibility index (Phi) is 3.80. The van der Waals surface area contributed by atoms with Gasteiger partial charge in [-0.25, -0.2) is 13.1 Å². The van der Waals surface area contributed by atoms with Gasteiger partial charge < -0.3 is 5.32 Å². The van der Waals surface area contributed by atoms with Crippen LogP contribution in [-0.2, 0) is 10.0 Å². The maximum atomic E-state index is 12.0. The van der Waals surface area contributed by atoms with Crippen LogP contribution in [-0.4, -0.2) is 32.8 Å². The standard InChI is InChI=1S/C12H24N2O2S/c1-3-12(6-7-12)9-14-17(15,16)10(2)8-13-11-4-5-11/h10-11,13-14H,3-9H2,1-2H3. The highest BCUT2D eigenvalue weighted by molar-refractivity contribution is 7.90. The molecule has 2 saturated carbocycles. The largest absolute Gasteiger partial charge is 0.313 e. The van der Waals surface area contributed by atoms with Crippen LogP contribution in [0.4, 0.5) is 0 Å². The highest BCUT2D eigenvalue weighted by Crippen LogP contribution is 2.47. The molecule has 0 aromatic heterocycles. The Morgan fingerprint density at radius 1 is 1.35 bits per heavy atom. The molecular weight excluding hydrogens is 236 g/mol. The average molecular weight is 260 g/mol. The van der Waals surface area contributed by atoms with Gasteiger partial charge in [-0.2, -0.15) is 0 Å². The van der Waals surface area contributed by atoms with E-state index in [4.69, 9.17) is 0 Å². The van der Waals surface area contributed by atoms with Crippen molar-refractivity contribution in [1.29, 1.82) is 0 Å². The molecule has 100 valence electrons. The number of nitrogens with one attached hydrogen (secondary N) is 2. The van der Waals surface area contributed by atoms with Gasteiger partial charge >= 0.3 is 0 Å². The predicted molar refractivity (Wildman–Crippen MR) is 69.4 cm³/mol. The Morgan fingerprint density at radius 3 is 2.47 bits per heavy atom. The summed E-state index contributed by atoms with van der Waals surface area (Å²) in [6.45, 7) is 5.11. The Morgan fingerprint density at radius 2 is 2.00 bits per heavy atom. The lowest BCUT2D eigenvalue weighted by Gasteiger charge is -2.18. The van der Waals surface area contributed by atoms with Gasteiger partial charge in [0.25, 0.3) is 0 Å². The summed E-state index contributed by atoms with van der Waals surface area (Å²) in [5, 5.41) is 2.93. The van der Waals surface area contributed by atoms with Crippen molar-refractivity contribution in [2.75, 3.05) is 13.1 Å². The Balaban J connectivity index is 1.75. The van der Waals surface area contributed by atoms with Crippen molar-refractivity contribution in [2.24, 2.45) is 5.41 Å². The fourth-order valence-corrected chi connectivity index (χ4v) is 3.07. The van der Waals surface area contributed by atoms with Crippen molar-refractivity contribution in [1.82, 2.24) is 10.0 Å². The van der Waals surface area contributed by atoms with E-state index in [2.05, 4.69) is 17.0 Å². The summed E-state index contributed by atoms with van der Waals surface area (Å²) in [6.07, 6.45) is 5.80. The van der Waals surface area contributed by atoms with Crippen molar-refractivity contribution < 1.29 is 8.42 Å². The van der Waals surface area contributed by atoms with E-state index >= 15 is 0 Å². The second-order valence-corrected chi connectivity index (χ2v) is 7.90. The van der Waals surface area contributed by atoms with Crippen LogP contribution in [0.25, 0.3) is 0 Å². The predicted octanol–water partition coefficient (Wildman–Crippen LogP) is 1.24. The molecule has 2 aliphatic carbocycles. The van der Waals surface area contributed by atoms with E-state index in [1.54, 1.807) is 6.92 Å². The number of sulfonamides is 1. The average Bonchev–Trinajstić information content (AvgIpc) is 3.17. The third kappa shape index (κ3) is 3.66. The summed E-state index contributed by atoms with van der Waals surface area (Å²) < 4.78 is 26.8. The van der Waals surface area contributed by atoms with Gasteiger partial charge in [-0.05, 0) is 44.4 Å². The second kappa shape index (κ2) is 4.86. The third-order valence-corrected chi connectivity index (χ3v) is 5.93. The molecule has 0 amide bonds. The monoisotopic (exact) mass is 260 g/mol. The van der Waals surface area contributed by atoms with Crippen LogP contribution in [0.2, 0.25) is 0 Å². The minimum absolute atomic E-state index is 0.275. The number of rotatable bonds is 8. The van der Waals surface area contributed by atoms with Gasteiger partial charge in [0.1, 0.15) is 0 Å². The van der Waals surface area contributed by atoms with Gasteiger partial charge in [0.15, 0.2) is 0 Å². The summed E-state index contributed by atoms with van der Waals surface area (Å²) >= 11 is 0. The summed E-state index contributed by atoms with van der Waals surface area (Å²) in [4.78, 5) is 0. The van der Waals surface area contributed by atoms with E-state index in [1.807, 2.05) is 0 Å². The molecule has 17 heavy (non-hydrogen) atoms. The zero-order valence-corrected chi connectivity index (χ0v) is 11.6. The molecule has 2 aliphatic rings. The van der Waals surface area contributed by atoms with Crippen LogP contribution in [0, 0.1) is 5.41 Å². The van der Waals surface area contributed by atoms with E-state index in [1.165, 1.54) is 25.7 Å². The van der Waals surface area contributed by atoms with E-state index in [0.717, 1.165) is 6.42 Å². The molecule has 0 spiro atoms. The molecule has 0 saturated heterocycles. The summed E-state index contributed by atoms with van der Waals surface area (Å²) in [7, 11) is -3.14. The second-order valence-electron chi connectivity index (χ2n) is 5.71. The summed E-state index contributed by atoms with van der Waals surface area (Å²) in [5.74, 6) is 0. The van der Waals surface area contributed by atoms with Crippen molar-refractivity contribution in [3.63, 3.8) is 0 Å². The highest BCUT2D eigenvalue weighted by atomic mass is 32.2. The zero-order valence-electron chi connectivity index (χ0n) is 10.8. The molecule has 0 aromatic rings. The summed E-state index contributed by atoms with van der Waals surface area (Å²) in [5.41, 5.74) is 0.275.